The maximum Gasteiger partial charge on any atom is 0.407 e. The van der Waals surface area contributed by atoms with Crippen LogP contribution in [0.25, 0.3) is 0 Å². The van der Waals surface area contributed by atoms with Crippen LogP contribution in [-0.4, -0.2) is 55.1 Å². The molecule has 0 heterocycles. The summed E-state index contributed by atoms with van der Waals surface area (Å²) < 4.78 is 5.49. The molecule has 0 aliphatic carbocycles. The van der Waals surface area contributed by atoms with E-state index in [0.29, 0.717) is 6.54 Å². The van der Waals surface area contributed by atoms with Crippen LogP contribution in [0.2, 0.25) is 0 Å². The molecular formula is C35H42N2O2P2. The van der Waals surface area contributed by atoms with E-state index in [1.165, 1.54) is 21.2 Å². The van der Waals surface area contributed by atoms with E-state index in [1.54, 1.807) is 0 Å². The summed E-state index contributed by atoms with van der Waals surface area (Å²) in [6, 6.07) is 43.6. The highest BCUT2D eigenvalue weighted by Crippen LogP contribution is 2.35. The lowest BCUT2D eigenvalue weighted by atomic mass is 10.2. The minimum Gasteiger partial charge on any atom is -0.444 e. The Hall–Kier alpha value is -3.03. The molecule has 0 saturated heterocycles. The van der Waals surface area contributed by atoms with Gasteiger partial charge in [-0.3, -0.25) is 0 Å². The van der Waals surface area contributed by atoms with Crippen LogP contribution in [0.15, 0.2) is 121 Å². The highest BCUT2D eigenvalue weighted by atomic mass is 31.1. The quantitative estimate of drug-likeness (QED) is 0.194. The number of rotatable bonds is 13. The second-order valence-corrected chi connectivity index (χ2v) is 15.6. The molecule has 0 fully saturated rings. The van der Waals surface area contributed by atoms with E-state index < -0.39 is 21.4 Å². The predicted molar refractivity (Wildman–Crippen MR) is 179 cm³/mol. The van der Waals surface area contributed by atoms with Crippen LogP contribution in [0, 0.1) is 0 Å². The van der Waals surface area contributed by atoms with Crippen LogP contribution in [0.1, 0.15) is 20.8 Å². The molecule has 0 unspecified atom stereocenters. The molecule has 0 aliphatic heterocycles. The Morgan fingerprint density at radius 2 is 0.951 bits per heavy atom. The Morgan fingerprint density at radius 1 is 0.610 bits per heavy atom. The molecule has 4 aromatic rings. The SMILES string of the molecule is CC(C)(C)OC(=O)NCCN(CCP(c1ccccc1)c1ccccc1)CCP(c1ccccc1)c1ccccc1. The molecule has 0 aliphatic rings. The molecule has 0 saturated carbocycles. The van der Waals surface area contributed by atoms with Crippen LogP contribution in [0.5, 0.6) is 0 Å². The lowest BCUT2D eigenvalue weighted by molar-refractivity contribution is 0.0523. The minimum absolute atomic E-state index is 0.357. The van der Waals surface area contributed by atoms with Gasteiger partial charge in [0.15, 0.2) is 0 Å². The Morgan fingerprint density at radius 3 is 1.27 bits per heavy atom. The standard InChI is InChI=1S/C35H42N2O2P2/c1-35(2,3)39-34(38)36-24-25-37(26-28-40(30-16-8-4-9-17-30)31-18-10-5-11-19-31)27-29-41(32-20-12-6-13-21-32)33-22-14-7-15-23-33/h4-23H,24-29H2,1-3H3,(H,36,38). The maximum absolute atomic E-state index is 12.4. The summed E-state index contributed by atoms with van der Waals surface area (Å²) >= 11 is 0. The van der Waals surface area contributed by atoms with Crippen molar-refractivity contribution in [2.24, 2.45) is 0 Å². The van der Waals surface area contributed by atoms with E-state index in [2.05, 4.69) is 132 Å². The molecule has 41 heavy (non-hydrogen) atoms. The number of amides is 1. The summed E-state index contributed by atoms with van der Waals surface area (Å²) in [6.45, 7) is 8.92. The van der Waals surface area contributed by atoms with Crippen LogP contribution < -0.4 is 26.5 Å². The third kappa shape index (κ3) is 10.4. The van der Waals surface area contributed by atoms with Crippen LogP contribution >= 0.6 is 15.8 Å². The van der Waals surface area contributed by atoms with Gasteiger partial charge in [-0.2, -0.15) is 0 Å². The maximum atomic E-state index is 12.4. The summed E-state index contributed by atoms with van der Waals surface area (Å²) in [6.07, 6.45) is 1.76. The number of benzene rings is 4. The largest absolute Gasteiger partial charge is 0.444 e. The first-order valence-corrected chi connectivity index (χ1v) is 17.4. The summed E-state index contributed by atoms with van der Waals surface area (Å²) in [4.78, 5) is 14.9. The van der Waals surface area contributed by atoms with Crippen molar-refractivity contribution in [1.82, 2.24) is 10.2 Å². The van der Waals surface area contributed by atoms with E-state index in [1.807, 2.05) is 20.8 Å². The van der Waals surface area contributed by atoms with Gasteiger partial charge in [0.25, 0.3) is 0 Å². The molecule has 0 radical (unpaired) electrons. The van der Waals surface area contributed by atoms with Crippen molar-refractivity contribution in [3.63, 3.8) is 0 Å². The van der Waals surface area contributed by atoms with Gasteiger partial charge >= 0.3 is 6.09 Å². The molecule has 6 heteroatoms. The molecule has 4 nitrogen and oxygen atoms in total. The van der Waals surface area contributed by atoms with E-state index in [9.17, 15) is 4.79 Å². The van der Waals surface area contributed by atoms with Gasteiger partial charge in [0, 0.05) is 26.2 Å². The molecule has 0 aromatic heterocycles. The Bertz CT molecular complexity index is 1130. The smallest absolute Gasteiger partial charge is 0.407 e. The molecule has 4 rings (SSSR count). The van der Waals surface area contributed by atoms with Crippen LogP contribution in [-0.2, 0) is 4.74 Å². The number of carbonyl (C=O) groups is 1. The average Bonchev–Trinajstić information content (AvgIpc) is 2.98. The average molecular weight is 585 g/mol. The van der Waals surface area contributed by atoms with Crippen LogP contribution in [0.4, 0.5) is 4.79 Å². The zero-order chi connectivity index (χ0) is 28.9. The highest BCUT2D eigenvalue weighted by molar-refractivity contribution is 7.73. The second-order valence-electron chi connectivity index (χ2n) is 10.9. The third-order valence-electron chi connectivity index (χ3n) is 6.65. The van der Waals surface area contributed by atoms with Crippen molar-refractivity contribution in [2.45, 2.75) is 26.4 Å². The first kappa shape index (κ1) is 30.9. The summed E-state index contributed by atoms with van der Waals surface area (Å²) in [7, 11) is -0.983. The first-order chi connectivity index (χ1) is 19.9. The topological polar surface area (TPSA) is 41.6 Å². The molecule has 0 bridgehead atoms. The number of nitrogens with zero attached hydrogens (tertiary/aromatic N) is 1. The molecule has 1 N–H and O–H groups in total. The summed E-state index contributed by atoms with van der Waals surface area (Å²) in [5.74, 6) is 0. The van der Waals surface area contributed by atoms with Crippen molar-refractivity contribution in [2.75, 3.05) is 38.5 Å². The number of hydrogen-bond acceptors (Lipinski definition) is 3. The lowest BCUT2D eigenvalue weighted by Gasteiger charge is -2.28. The number of alkyl carbamates (subject to hydrolysis) is 1. The minimum atomic E-state index is -0.508. The highest BCUT2D eigenvalue weighted by Gasteiger charge is 2.20. The zero-order valence-corrected chi connectivity index (χ0v) is 26.2. The molecule has 4 aromatic carbocycles. The van der Waals surface area contributed by atoms with Gasteiger partial charge in [-0.15, -0.1) is 0 Å². The fourth-order valence-electron chi connectivity index (χ4n) is 4.69. The normalized spacial score (nSPS) is 11.7. The monoisotopic (exact) mass is 584 g/mol. The van der Waals surface area contributed by atoms with E-state index in [-0.39, 0.29) is 6.09 Å². The number of ether oxygens (including phenoxy) is 1. The van der Waals surface area contributed by atoms with Crippen LogP contribution in [0.3, 0.4) is 0 Å². The molecular weight excluding hydrogens is 542 g/mol. The predicted octanol–water partition coefficient (Wildman–Crippen LogP) is 6.08. The van der Waals surface area contributed by atoms with Gasteiger partial charge in [0.1, 0.15) is 5.60 Å². The summed E-state index contributed by atoms with van der Waals surface area (Å²) in [5.41, 5.74) is -0.508. The molecule has 0 spiro atoms. The van der Waals surface area contributed by atoms with Gasteiger partial charge < -0.3 is 15.0 Å². The van der Waals surface area contributed by atoms with Gasteiger partial charge in [-0.1, -0.05) is 121 Å². The first-order valence-electron chi connectivity index (χ1n) is 14.3. The molecule has 1 amide bonds. The van der Waals surface area contributed by atoms with Crippen molar-refractivity contribution in [1.29, 1.82) is 0 Å². The Balaban J connectivity index is 1.50. The number of nitrogens with one attached hydrogen (secondary N) is 1. The summed E-state index contributed by atoms with van der Waals surface area (Å²) in [5, 5.41) is 8.58. The van der Waals surface area contributed by atoms with Crippen molar-refractivity contribution in [3.05, 3.63) is 121 Å². The van der Waals surface area contributed by atoms with Gasteiger partial charge in [-0.25, -0.2) is 4.79 Å². The van der Waals surface area contributed by atoms with Crippen molar-refractivity contribution < 1.29 is 9.53 Å². The van der Waals surface area contributed by atoms with E-state index in [0.717, 1.165) is 32.0 Å². The second kappa shape index (κ2) is 15.8. The number of hydrogen-bond donors (Lipinski definition) is 1. The lowest BCUT2D eigenvalue weighted by Crippen LogP contribution is -2.40. The van der Waals surface area contributed by atoms with Gasteiger partial charge in [0.05, 0.1) is 0 Å². The Kier molecular flexibility index (Phi) is 11.9. The fraction of sp³-hybridized carbons (Fsp3) is 0.286. The van der Waals surface area contributed by atoms with Crippen molar-refractivity contribution in [3.8, 4) is 0 Å². The number of carbonyl (C=O) groups excluding carboxylic acids is 1. The van der Waals surface area contributed by atoms with Gasteiger partial charge in [-0.05, 0) is 70.2 Å². The van der Waals surface area contributed by atoms with Crippen molar-refractivity contribution >= 4 is 43.2 Å². The van der Waals surface area contributed by atoms with Gasteiger partial charge in [0.2, 0.25) is 0 Å². The fourth-order valence-corrected chi connectivity index (χ4v) is 9.42. The molecule has 0 atom stereocenters. The third-order valence-corrected chi connectivity index (χ3v) is 11.6. The zero-order valence-electron chi connectivity index (χ0n) is 24.4. The van der Waals surface area contributed by atoms with E-state index >= 15 is 0 Å². The van der Waals surface area contributed by atoms with E-state index in [4.69, 9.17) is 4.74 Å². The molecule has 214 valence electrons. The Labute approximate surface area is 248 Å².